The Morgan fingerprint density at radius 2 is 2.30 bits per heavy atom. The van der Waals surface area contributed by atoms with E-state index in [2.05, 4.69) is 11.8 Å². The van der Waals surface area contributed by atoms with Gasteiger partial charge in [0, 0.05) is 12.0 Å². The number of hydrogen-bond donors (Lipinski definition) is 0. The summed E-state index contributed by atoms with van der Waals surface area (Å²) in [4.78, 5) is 13.4. The van der Waals surface area contributed by atoms with Crippen LogP contribution in [0.4, 0.5) is 0 Å². The molecule has 3 heteroatoms. The summed E-state index contributed by atoms with van der Waals surface area (Å²) in [6.45, 7) is 4.97. The van der Waals surface area contributed by atoms with Crippen molar-refractivity contribution in [3.8, 4) is 0 Å². The summed E-state index contributed by atoms with van der Waals surface area (Å²) >= 11 is 0. The van der Waals surface area contributed by atoms with Gasteiger partial charge in [-0.05, 0) is 13.0 Å². The number of carbonyl (C=O) groups is 1. The number of piperidine rings is 1. The van der Waals surface area contributed by atoms with Crippen molar-refractivity contribution in [2.75, 3.05) is 19.6 Å². The van der Waals surface area contributed by atoms with Crippen molar-refractivity contribution in [3.05, 3.63) is 0 Å². The van der Waals surface area contributed by atoms with Crippen LogP contribution < -0.4 is 0 Å². The van der Waals surface area contributed by atoms with Crippen molar-refractivity contribution in [1.29, 1.82) is 0 Å². The van der Waals surface area contributed by atoms with Gasteiger partial charge in [0.15, 0.2) is 5.78 Å². The van der Waals surface area contributed by atoms with Crippen molar-refractivity contribution in [1.82, 2.24) is 4.90 Å². The zero-order valence-electron chi connectivity index (χ0n) is 6.09. The molecule has 2 unspecified atom stereocenters. The van der Waals surface area contributed by atoms with Crippen LogP contribution in [0.25, 0.3) is 0 Å². The van der Waals surface area contributed by atoms with Crippen LogP contribution in [-0.2, 0) is 4.79 Å². The summed E-state index contributed by atoms with van der Waals surface area (Å²) < 4.78 is 0. The Hall–Kier alpha value is -0.0800. The predicted molar refractivity (Wildman–Crippen MR) is 41.4 cm³/mol. The van der Waals surface area contributed by atoms with E-state index < -0.39 is 0 Å². The highest BCUT2D eigenvalue weighted by atomic mass is 35.5. The van der Waals surface area contributed by atoms with Gasteiger partial charge < -0.3 is 0 Å². The van der Waals surface area contributed by atoms with Crippen LogP contribution in [0.15, 0.2) is 0 Å². The minimum absolute atomic E-state index is 0. The lowest BCUT2D eigenvalue weighted by Crippen LogP contribution is -2.28. The molecular weight excluding hydrogens is 150 g/mol. The van der Waals surface area contributed by atoms with Gasteiger partial charge in [-0.25, -0.2) is 0 Å². The molecule has 0 aromatic heterocycles. The molecule has 10 heavy (non-hydrogen) atoms. The zero-order valence-corrected chi connectivity index (χ0v) is 6.91. The maximum atomic E-state index is 11.1. The third-order valence-corrected chi connectivity index (χ3v) is 2.59. The molecule has 0 spiro atoms. The maximum Gasteiger partial charge on any atom is 0.154 e. The molecule has 0 saturated carbocycles. The van der Waals surface area contributed by atoms with Gasteiger partial charge in [-0.3, -0.25) is 9.69 Å². The molecule has 0 N–H and O–H groups in total. The molecule has 0 aliphatic carbocycles. The smallest absolute Gasteiger partial charge is 0.154 e. The Kier molecular flexibility index (Phi) is 1.77. The summed E-state index contributed by atoms with van der Waals surface area (Å²) in [7, 11) is 0. The summed E-state index contributed by atoms with van der Waals surface area (Å²) in [5, 5.41) is 0. The first-order valence-corrected chi connectivity index (χ1v) is 3.46. The second-order valence-corrected chi connectivity index (χ2v) is 3.44. The van der Waals surface area contributed by atoms with Gasteiger partial charge in [-0.15, -0.1) is 12.4 Å². The van der Waals surface area contributed by atoms with Gasteiger partial charge in [0.2, 0.25) is 0 Å². The minimum Gasteiger partial charge on any atom is -0.298 e. The average molecular weight is 162 g/mol. The molecule has 2 fully saturated rings. The highest BCUT2D eigenvalue weighted by Gasteiger charge is 2.46. The van der Waals surface area contributed by atoms with E-state index in [4.69, 9.17) is 0 Å². The molecule has 0 amide bonds. The number of ketones is 1. The summed E-state index contributed by atoms with van der Waals surface area (Å²) in [6.07, 6.45) is 1.09. The molecule has 2 nitrogen and oxygen atoms in total. The topological polar surface area (TPSA) is 20.3 Å². The molecule has 2 aliphatic rings. The molecular formula is C7H12ClNO. The van der Waals surface area contributed by atoms with E-state index in [1.165, 1.54) is 0 Å². The van der Waals surface area contributed by atoms with Crippen LogP contribution in [0.1, 0.15) is 13.3 Å². The first-order valence-electron chi connectivity index (χ1n) is 3.46. The van der Waals surface area contributed by atoms with Crippen molar-refractivity contribution in [2.24, 2.45) is 5.41 Å². The van der Waals surface area contributed by atoms with E-state index in [9.17, 15) is 4.79 Å². The van der Waals surface area contributed by atoms with Crippen LogP contribution in [-0.4, -0.2) is 30.3 Å². The molecule has 2 heterocycles. The SMILES string of the molecule is CC12CCN(CC1=O)C2.Cl. The van der Waals surface area contributed by atoms with Gasteiger partial charge in [0.1, 0.15) is 0 Å². The molecule has 2 saturated heterocycles. The third kappa shape index (κ3) is 0.867. The van der Waals surface area contributed by atoms with Crippen LogP contribution in [0.3, 0.4) is 0 Å². The highest BCUT2D eigenvalue weighted by molar-refractivity contribution is 5.89. The second kappa shape index (κ2) is 2.21. The summed E-state index contributed by atoms with van der Waals surface area (Å²) in [5.74, 6) is 0.453. The van der Waals surface area contributed by atoms with Gasteiger partial charge in [0.25, 0.3) is 0 Å². The first kappa shape index (κ1) is 8.02. The molecule has 0 radical (unpaired) electrons. The van der Waals surface area contributed by atoms with E-state index >= 15 is 0 Å². The lowest BCUT2D eigenvalue weighted by atomic mass is 9.86. The molecule has 2 rings (SSSR count). The fourth-order valence-electron chi connectivity index (χ4n) is 1.81. The molecule has 2 aliphatic heterocycles. The van der Waals surface area contributed by atoms with Crippen molar-refractivity contribution >= 4 is 18.2 Å². The van der Waals surface area contributed by atoms with Gasteiger partial charge in [-0.2, -0.15) is 0 Å². The number of nitrogens with zero attached hydrogens (tertiary/aromatic N) is 1. The summed E-state index contributed by atoms with van der Waals surface area (Å²) in [5.41, 5.74) is 0.0556. The van der Waals surface area contributed by atoms with Crippen molar-refractivity contribution < 1.29 is 4.79 Å². The van der Waals surface area contributed by atoms with Crippen LogP contribution in [0.2, 0.25) is 0 Å². The highest BCUT2D eigenvalue weighted by Crippen LogP contribution is 2.36. The lowest BCUT2D eigenvalue weighted by molar-refractivity contribution is -0.124. The quantitative estimate of drug-likeness (QED) is 0.522. The third-order valence-electron chi connectivity index (χ3n) is 2.59. The average Bonchev–Trinajstić information content (AvgIpc) is 2.22. The molecule has 0 aromatic carbocycles. The van der Waals surface area contributed by atoms with Crippen LogP contribution in [0.5, 0.6) is 0 Å². The van der Waals surface area contributed by atoms with E-state index in [0.29, 0.717) is 5.78 Å². The fourth-order valence-corrected chi connectivity index (χ4v) is 1.81. The molecule has 58 valence electrons. The number of halogens is 1. The van der Waals surface area contributed by atoms with Gasteiger partial charge >= 0.3 is 0 Å². The number of rotatable bonds is 0. The monoisotopic (exact) mass is 161 g/mol. The number of Topliss-reactive ketones (excluding diaryl/α,β-unsaturated/α-hetero) is 1. The molecule has 2 atom stereocenters. The zero-order chi connectivity index (χ0) is 6.48. The van der Waals surface area contributed by atoms with E-state index in [-0.39, 0.29) is 17.8 Å². The number of fused-ring (bicyclic) bond motifs is 2. The Balaban J connectivity index is 0.000000500. The largest absolute Gasteiger partial charge is 0.298 e. The first-order chi connectivity index (χ1) is 4.21. The van der Waals surface area contributed by atoms with Crippen molar-refractivity contribution in [2.45, 2.75) is 13.3 Å². The van der Waals surface area contributed by atoms with Crippen molar-refractivity contribution in [3.63, 3.8) is 0 Å². The maximum absolute atomic E-state index is 11.1. The normalized spacial score (nSPS) is 43.7. The van der Waals surface area contributed by atoms with E-state index in [0.717, 1.165) is 26.1 Å². The fraction of sp³-hybridized carbons (Fsp3) is 0.857. The van der Waals surface area contributed by atoms with Gasteiger partial charge in [0.05, 0.1) is 6.54 Å². The Morgan fingerprint density at radius 3 is 2.50 bits per heavy atom. The van der Waals surface area contributed by atoms with Crippen LogP contribution >= 0.6 is 12.4 Å². The minimum atomic E-state index is 0. The van der Waals surface area contributed by atoms with E-state index in [1.54, 1.807) is 0 Å². The van der Waals surface area contributed by atoms with Gasteiger partial charge in [-0.1, -0.05) is 6.92 Å². The summed E-state index contributed by atoms with van der Waals surface area (Å²) in [6, 6.07) is 0. The lowest BCUT2D eigenvalue weighted by Gasteiger charge is -2.16. The molecule has 0 aromatic rings. The number of hydrogen-bond acceptors (Lipinski definition) is 2. The predicted octanol–water partition coefficient (Wildman–Crippen LogP) is 0.703. The Bertz CT molecular complexity index is 171. The van der Waals surface area contributed by atoms with E-state index in [1.807, 2.05) is 0 Å². The Labute approximate surface area is 67.0 Å². The second-order valence-electron chi connectivity index (χ2n) is 3.44. The van der Waals surface area contributed by atoms with Crippen LogP contribution in [0, 0.1) is 5.41 Å². The molecule has 2 bridgehead atoms. The number of carbonyl (C=O) groups excluding carboxylic acids is 1. The standard InChI is InChI=1S/C7H11NO.ClH/c1-7-2-3-8(5-7)4-6(7)9;/h2-5H2,1H3;1H. The Morgan fingerprint density at radius 1 is 1.60 bits per heavy atom.